The van der Waals surface area contributed by atoms with Crippen LogP contribution in [-0.4, -0.2) is 12.4 Å². The lowest BCUT2D eigenvalue weighted by molar-refractivity contribution is 0.0925. The first-order chi connectivity index (χ1) is 9.10. The van der Waals surface area contributed by atoms with Gasteiger partial charge in [-0.2, -0.15) is 0 Å². The zero-order valence-corrected chi connectivity index (χ0v) is 13.4. The molecule has 0 bridgehead atoms. The smallest absolute Gasteiger partial charge is 0.210 e. The van der Waals surface area contributed by atoms with Crippen molar-refractivity contribution in [2.75, 3.05) is 6.61 Å². The number of benzene rings is 1. The Morgan fingerprint density at radius 3 is 2.79 bits per heavy atom. The Labute approximate surface area is 129 Å². The average Bonchev–Trinajstić information content (AvgIpc) is 2.84. The molecule has 2 aromatic rings. The first kappa shape index (κ1) is 14.6. The molecule has 0 amide bonds. The molecule has 0 atom stereocenters. The predicted octanol–water partition coefficient (Wildman–Crippen LogP) is 4.99. The molecule has 19 heavy (non-hydrogen) atoms. The van der Waals surface area contributed by atoms with Gasteiger partial charge in [-0.15, -0.1) is 11.3 Å². The number of hydrogen-bond donors (Lipinski definition) is 0. The monoisotopic (exact) mass is 358 g/mol. The van der Waals surface area contributed by atoms with Gasteiger partial charge < -0.3 is 4.74 Å². The van der Waals surface area contributed by atoms with Crippen LogP contribution >= 0.6 is 38.9 Å². The van der Waals surface area contributed by atoms with Gasteiger partial charge in [0.15, 0.2) is 6.61 Å². The van der Waals surface area contributed by atoms with E-state index >= 15 is 0 Å². The molecule has 0 fully saturated rings. The van der Waals surface area contributed by atoms with Crippen LogP contribution in [0, 0.1) is 0 Å². The van der Waals surface area contributed by atoms with Gasteiger partial charge in [-0.25, -0.2) is 0 Å². The summed E-state index contributed by atoms with van der Waals surface area (Å²) < 4.78 is 6.45. The molecule has 0 spiro atoms. The molecule has 5 heteroatoms. The van der Waals surface area contributed by atoms with E-state index in [0.717, 1.165) is 20.8 Å². The maximum absolute atomic E-state index is 11.9. The minimum Gasteiger partial charge on any atom is -0.485 e. The molecule has 1 aromatic heterocycles. The summed E-state index contributed by atoms with van der Waals surface area (Å²) in [6.45, 7) is 2.07. The van der Waals surface area contributed by atoms with Crippen LogP contribution in [0.3, 0.4) is 0 Å². The van der Waals surface area contributed by atoms with Gasteiger partial charge in [-0.1, -0.05) is 18.5 Å². The standard InChI is InChI=1S/C14H12BrClO2S/c1-2-9-7-10(3-4-11(9)16)18-8-12(17)13-5-6-14(15)19-13/h3-7H,2,8H2,1H3. The molecule has 0 aliphatic carbocycles. The topological polar surface area (TPSA) is 26.3 Å². The highest BCUT2D eigenvalue weighted by molar-refractivity contribution is 9.11. The second-order valence-corrected chi connectivity index (χ2v) is 6.79. The molecule has 0 saturated carbocycles. The zero-order chi connectivity index (χ0) is 13.8. The number of carbonyl (C=O) groups excluding carboxylic acids is 1. The molecule has 0 N–H and O–H groups in total. The van der Waals surface area contributed by atoms with E-state index in [4.69, 9.17) is 16.3 Å². The number of carbonyl (C=O) groups is 1. The van der Waals surface area contributed by atoms with Crippen LogP contribution in [0.25, 0.3) is 0 Å². The Kier molecular flexibility index (Phi) is 5.02. The number of halogens is 2. The molecule has 0 aliphatic rings. The molecule has 1 aromatic carbocycles. The molecule has 100 valence electrons. The van der Waals surface area contributed by atoms with E-state index in [9.17, 15) is 4.79 Å². The van der Waals surface area contributed by atoms with Gasteiger partial charge in [-0.05, 0) is 58.2 Å². The van der Waals surface area contributed by atoms with Gasteiger partial charge in [0, 0.05) is 5.02 Å². The van der Waals surface area contributed by atoms with Crippen molar-refractivity contribution in [3.63, 3.8) is 0 Å². The van der Waals surface area contributed by atoms with Crippen LogP contribution in [-0.2, 0) is 6.42 Å². The summed E-state index contributed by atoms with van der Waals surface area (Å²) >= 11 is 10.8. The van der Waals surface area contributed by atoms with Crippen molar-refractivity contribution in [2.24, 2.45) is 0 Å². The minimum atomic E-state index is -0.0244. The van der Waals surface area contributed by atoms with E-state index < -0.39 is 0 Å². The fourth-order valence-corrected chi connectivity index (χ4v) is 3.16. The van der Waals surface area contributed by atoms with E-state index in [1.807, 2.05) is 19.1 Å². The number of aryl methyl sites for hydroxylation is 1. The predicted molar refractivity (Wildman–Crippen MR) is 82.7 cm³/mol. The Balaban J connectivity index is 2.01. The van der Waals surface area contributed by atoms with E-state index in [1.54, 1.807) is 18.2 Å². The van der Waals surface area contributed by atoms with Gasteiger partial charge in [0.1, 0.15) is 5.75 Å². The summed E-state index contributed by atoms with van der Waals surface area (Å²) in [6.07, 6.45) is 0.835. The lowest BCUT2D eigenvalue weighted by Gasteiger charge is -2.07. The highest BCUT2D eigenvalue weighted by Crippen LogP contribution is 2.24. The highest BCUT2D eigenvalue weighted by atomic mass is 79.9. The number of hydrogen-bond acceptors (Lipinski definition) is 3. The first-order valence-corrected chi connectivity index (χ1v) is 7.78. The van der Waals surface area contributed by atoms with Crippen LogP contribution in [0.1, 0.15) is 22.2 Å². The Hall–Kier alpha value is -0.840. The summed E-state index contributed by atoms with van der Waals surface area (Å²) in [6, 6.07) is 9.09. The largest absolute Gasteiger partial charge is 0.485 e. The van der Waals surface area contributed by atoms with E-state index in [-0.39, 0.29) is 12.4 Å². The van der Waals surface area contributed by atoms with Crippen molar-refractivity contribution in [3.05, 3.63) is 49.6 Å². The number of ketones is 1. The third kappa shape index (κ3) is 3.81. The van der Waals surface area contributed by atoms with Crippen LogP contribution < -0.4 is 4.74 Å². The highest BCUT2D eigenvalue weighted by Gasteiger charge is 2.10. The second kappa shape index (κ2) is 6.55. The van der Waals surface area contributed by atoms with Crippen molar-refractivity contribution < 1.29 is 9.53 Å². The fraction of sp³-hybridized carbons (Fsp3) is 0.214. The van der Waals surface area contributed by atoms with Crippen LogP contribution in [0.4, 0.5) is 0 Å². The number of thiophene rings is 1. The normalized spacial score (nSPS) is 10.5. The maximum Gasteiger partial charge on any atom is 0.210 e. The van der Waals surface area contributed by atoms with Crippen LogP contribution in [0.2, 0.25) is 5.02 Å². The average molecular weight is 360 g/mol. The Bertz CT molecular complexity index is 595. The van der Waals surface area contributed by atoms with E-state index in [1.165, 1.54) is 11.3 Å². The third-order valence-corrected chi connectivity index (χ3v) is 4.65. The van der Waals surface area contributed by atoms with Crippen molar-refractivity contribution in [2.45, 2.75) is 13.3 Å². The van der Waals surface area contributed by atoms with Gasteiger partial charge in [0.2, 0.25) is 5.78 Å². The summed E-state index contributed by atoms with van der Waals surface area (Å²) in [7, 11) is 0. The summed E-state index contributed by atoms with van der Waals surface area (Å²) in [5.74, 6) is 0.647. The maximum atomic E-state index is 11.9. The van der Waals surface area contributed by atoms with Gasteiger partial charge in [0.25, 0.3) is 0 Å². The summed E-state index contributed by atoms with van der Waals surface area (Å²) in [4.78, 5) is 12.6. The van der Waals surface area contributed by atoms with Gasteiger partial charge >= 0.3 is 0 Å². The summed E-state index contributed by atoms with van der Waals surface area (Å²) in [5, 5.41) is 0.725. The van der Waals surface area contributed by atoms with Gasteiger partial charge in [-0.3, -0.25) is 4.79 Å². The minimum absolute atomic E-state index is 0.0244. The third-order valence-electron chi connectivity index (χ3n) is 2.62. The van der Waals surface area contributed by atoms with Crippen molar-refractivity contribution in [1.29, 1.82) is 0 Å². The van der Waals surface area contributed by atoms with Crippen LogP contribution in [0.5, 0.6) is 5.75 Å². The van der Waals surface area contributed by atoms with Crippen molar-refractivity contribution in [3.8, 4) is 5.75 Å². The lowest BCUT2D eigenvalue weighted by atomic mass is 10.1. The summed E-state index contributed by atoms with van der Waals surface area (Å²) in [5.41, 5.74) is 1.02. The lowest BCUT2D eigenvalue weighted by Crippen LogP contribution is -2.10. The van der Waals surface area contributed by atoms with Crippen molar-refractivity contribution >= 4 is 44.7 Å². The first-order valence-electron chi connectivity index (χ1n) is 5.80. The molecule has 2 nitrogen and oxygen atoms in total. The van der Waals surface area contributed by atoms with Crippen LogP contribution in [0.15, 0.2) is 34.1 Å². The number of Topliss-reactive ketones (excluding diaryl/α,β-unsaturated/α-hetero) is 1. The number of ether oxygens (including phenoxy) is 1. The molecule has 0 unspecified atom stereocenters. The quantitative estimate of drug-likeness (QED) is 0.703. The Morgan fingerprint density at radius 1 is 1.37 bits per heavy atom. The second-order valence-electron chi connectivity index (χ2n) is 3.92. The molecular formula is C14H12BrClO2S. The molecule has 1 heterocycles. The SMILES string of the molecule is CCc1cc(OCC(=O)c2ccc(Br)s2)ccc1Cl. The number of rotatable bonds is 5. The van der Waals surface area contributed by atoms with E-state index in [0.29, 0.717) is 10.6 Å². The van der Waals surface area contributed by atoms with E-state index in [2.05, 4.69) is 15.9 Å². The molecule has 0 radical (unpaired) electrons. The van der Waals surface area contributed by atoms with Gasteiger partial charge in [0.05, 0.1) is 8.66 Å². The van der Waals surface area contributed by atoms with Crippen molar-refractivity contribution in [1.82, 2.24) is 0 Å². The molecule has 2 rings (SSSR count). The molecule has 0 aliphatic heterocycles. The fourth-order valence-electron chi connectivity index (χ4n) is 1.60. The molecule has 0 saturated heterocycles. The molecular weight excluding hydrogens is 348 g/mol. The Morgan fingerprint density at radius 2 is 2.16 bits per heavy atom. The zero-order valence-electron chi connectivity index (χ0n) is 10.3.